The number of H-pyrrole nitrogens is 1. The van der Waals surface area contributed by atoms with Crippen LogP contribution in [-0.2, 0) is 12.7 Å². The van der Waals surface area contributed by atoms with E-state index in [9.17, 15) is 13.2 Å². The van der Waals surface area contributed by atoms with Crippen molar-refractivity contribution >= 4 is 17.0 Å². The van der Waals surface area contributed by atoms with Crippen molar-refractivity contribution in [3.63, 3.8) is 0 Å². The molecule has 0 atom stereocenters. The number of aromatic amines is 1. The van der Waals surface area contributed by atoms with Gasteiger partial charge in [0.05, 0.1) is 11.9 Å². The first-order chi connectivity index (χ1) is 10.1. The molecule has 0 spiro atoms. The molecular formula is C13H10F3N5. The van der Waals surface area contributed by atoms with E-state index in [1.165, 1.54) is 24.8 Å². The second-order valence-corrected chi connectivity index (χ2v) is 4.33. The van der Waals surface area contributed by atoms with Crippen molar-refractivity contribution in [1.82, 2.24) is 19.9 Å². The van der Waals surface area contributed by atoms with Gasteiger partial charge in [-0.2, -0.15) is 13.2 Å². The molecule has 0 saturated heterocycles. The second kappa shape index (κ2) is 5.04. The van der Waals surface area contributed by atoms with Crippen molar-refractivity contribution in [2.75, 3.05) is 5.32 Å². The monoisotopic (exact) mass is 293 g/mol. The zero-order chi connectivity index (χ0) is 14.9. The molecule has 0 saturated carbocycles. The molecule has 1 aromatic carbocycles. The Morgan fingerprint density at radius 2 is 1.90 bits per heavy atom. The lowest BCUT2D eigenvalue weighted by Gasteiger charge is -2.13. The fraction of sp³-hybridized carbons (Fsp3) is 0.154. The second-order valence-electron chi connectivity index (χ2n) is 4.33. The van der Waals surface area contributed by atoms with E-state index in [1.807, 2.05) is 0 Å². The molecule has 21 heavy (non-hydrogen) atoms. The first-order valence-corrected chi connectivity index (χ1v) is 6.09. The number of hydrogen-bond acceptors (Lipinski definition) is 4. The Balaban J connectivity index is 1.87. The maximum atomic E-state index is 12.9. The van der Waals surface area contributed by atoms with Crippen molar-refractivity contribution in [1.29, 1.82) is 0 Å². The van der Waals surface area contributed by atoms with E-state index in [4.69, 9.17) is 0 Å². The van der Waals surface area contributed by atoms with Crippen molar-refractivity contribution < 1.29 is 13.2 Å². The highest BCUT2D eigenvalue weighted by Gasteiger charge is 2.32. The molecule has 3 aromatic rings. The van der Waals surface area contributed by atoms with Crippen LogP contribution >= 0.6 is 0 Å². The average Bonchev–Trinajstić information content (AvgIpc) is 2.93. The van der Waals surface area contributed by atoms with Gasteiger partial charge in [0.2, 0.25) is 0 Å². The van der Waals surface area contributed by atoms with Crippen LogP contribution in [0.1, 0.15) is 11.1 Å². The number of nitrogens with zero attached hydrogens (tertiary/aromatic N) is 3. The van der Waals surface area contributed by atoms with E-state index in [0.29, 0.717) is 17.0 Å². The number of hydrogen-bond donors (Lipinski definition) is 2. The molecule has 0 aliphatic rings. The molecule has 2 heterocycles. The summed E-state index contributed by atoms with van der Waals surface area (Å²) in [4.78, 5) is 14.8. The summed E-state index contributed by atoms with van der Waals surface area (Å²) in [5, 5.41) is 2.88. The molecule has 0 amide bonds. The van der Waals surface area contributed by atoms with Crippen LogP contribution in [0.5, 0.6) is 0 Å². The van der Waals surface area contributed by atoms with Gasteiger partial charge in [-0.15, -0.1) is 0 Å². The number of fused-ring (bicyclic) bond motifs is 1. The minimum absolute atomic E-state index is 0.000810. The largest absolute Gasteiger partial charge is 0.416 e. The third-order valence-electron chi connectivity index (χ3n) is 2.99. The molecule has 0 aliphatic heterocycles. The maximum Gasteiger partial charge on any atom is 0.416 e. The highest BCUT2D eigenvalue weighted by atomic mass is 19.4. The lowest BCUT2D eigenvalue weighted by atomic mass is 10.1. The summed E-state index contributed by atoms with van der Waals surface area (Å²) in [6.07, 6.45) is -1.62. The average molecular weight is 293 g/mol. The Morgan fingerprint density at radius 3 is 2.71 bits per heavy atom. The minimum Gasteiger partial charge on any atom is -0.364 e. The quantitative estimate of drug-likeness (QED) is 0.779. The predicted molar refractivity (Wildman–Crippen MR) is 70.5 cm³/mol. The Hall–Kier alpha value is -2.64. The van der Waals surface area contributed by atoms with Gasteiger partial charge in [-0.05, 0) is 11.6 Å². The normalized spacial score (nSPS) is 11.8. The molecule has 0 radical (unpaired) electrons. The summed E-state index contributed by atoms with van der Waals surface area (Å²) in [6, 6.07) is 5.42. The van der Waals surface area contributed by atoms with E-state index in [0.717, 1.165) is 6.07 Å². The number of halogens is 3. The van der Waals surface area contributed by atoms with Crippen LogP contribution in [0, 0.1) is 0 Å². The number of benzene rings is 1. The van der Waals surface area contributed by atoms with Gasteiger partial charge in [-0.25, -0.2) is 15.0 Å². The van der Waals surface area contributed by atoms with E-state index < -0.39 is 11.7 Å². The molecule has 2 N–H and O–H groups in total. The Labute approximate surface area is 117 Å². The SMILES string of the molecule is FC(F)(F)c1ccccc1CNc1ncnc2nc[nH]c12. The summed E-state index contributed by atoms with van der Waals surface area (Å²) in [6.45, 7) is 0.000810. The lowest BCUT2D eigenvalue weighted by Crippen LogP contribution is -2.12. The van der Waals surface area contributed by atoms with Crippen LogP contribution < -0.4 is 5.32 Å². The van der Waals surface area contributed by atoms with E-state index in [-0.39, 0.29) is 12.1 Å². The number of imidazole rings is 1. The molecule has 5 nitrogen and oxygen atoms in total. The minimum atomic E-state index is -4.38. The van der Waals surface area contributed by atoms with Crippen LogP contribution in [0.25, 0.3) is 11.2 Å². The van der Waals surface area contributed by atoms with Crippen molar-refractivity contribution in [2.24, 2.45) is 0 Å². The highest BCUT2D eigenvalue weighted by Crippen LogP contribution is 2.32. The maximum absolute atomic E-state index is 12.9. The summed E-state index contributed by atoms with van der Waals surface area (Å²) < 4.78 is 38.7. The summed E-state index contributed by atoms with van der Waals surface area (Å²) in [5.74, 6) is 0.412. The molecule has 8 heteroatoms. The van der Waals surface area contributed by atoms with Gasteiger partial charge in [0.25, 0.3) is 0 Å². The van der Waals surface area contributed by atoms with Gasteiger partial charge in [-0.3, -0.25) is 0 Å². The number of nitrogens with one attached hydrogen (secondary N) is 2. The molecule has 0 aliphatic carbocycles. The number of alkyl halides is 3. The van der Waals surface area contributed by atoms with Crippen LogP contribution in [0.15, 0.2) is 36.9 Å². The van der Waals surface area contributed by atoms with Crippen molar-refractivity contribution in [3.05, 3.63) is 48.0 Å². The molecular weight excluding hydrogens is 283 g/mol. The third kappa shape index (κ3) is 2.64. The van der Waals surface area contributed by atoms with Gasteiger partial charge in [0.1, 0.15) is 11.8 Å². The first-order valence-electron chi connectivity index (χ1n) is 6.09. The lowest BCUT2D eigenvalue weighted by molar-refractivity contribution is -0.138. The number of aromatic nitrogens is 4. The molecule has 3 rings (SSSR count). The smallest absolute Gasteiger partial charge is 0.364 e. The first kappa shape index (κ1) is 13.3. The van der Waals surface area contributed by atoms with Crippen molar-refractivity contribution in [2.45, 2.75) is 12.7 Å². The number of anilines is 1. The summed E-state index contributed by atoms with van der Waals surface area (Å²) >= 11 is 0. The van der Waals surface area contributed by atoms with E-state index >= 15 is 0 Å². The van der Waals surface area contributed by atoms with E-state index in [2.05, 4.69) is 25.3 Å². The summed E-state index contributed by atoms with van der Waals surface area (Å²) in [7, 11) is 0. The van der Waals surface area contributed by atoms with Gasteiger partial charge in [-0.1, -0.05) is 18.2 Å². The van der Waals surface area contributed by atoms with E-state index in [1.54, 1.807) is 6.07 Å². The fourth-order valence-corrected chi connectivity index (χ4v) is 2.03. The molecule has 0 fully saturated rings. The predicted octanol–water partition coefficient (Wildman–Crippen LogP) is 2.98. The Kier molecular flexibility index (Phi) is 3.20. The third-order valence-corrected chi connectivity index (χ3v) is 2.99. The van der Waals surface area contributed by atoms with Crippen LogP contribution in [0.4, 0.5) is 19.0 Å². The standard InChI is InChI=1S/C13H10F3N5/c14-13(15,16)9-4-2-1-3-8(9)5-17-11-10-12(19-6-18-10)21-7-20-11/h1-4,6-7H,5H2,(H2,17,18,19,20,21). The molecule has 0 bridgehead atoms. The zero-order valence-electron chi connectivity index (χ0n) is 10.6. The van der Waals surface area contributed by atoms with Crippen molar-refractivity contribution in [3.8, 4) is 0 Å². The van der Waals surface area contributed by atoms with Gasteiger partial charge >= 0.3 is 6.18 Å². The van der Waals surface area contributed by atoms with Crippen LogP contribution in [-0.4, -0.2) is 19.9 Å². The topological polar surface area (TPSA) is 66.5 Å². The molecule has 108 valence electrons. The zero-order valence-corrected chi connectivity index (χ0v) is 10.6. The summed E-state index contributed by atoms with van der Waals surface area (Å²) in [5.41, 5.74) is 0.502. The molecule has 2 aromatic heterocycles. The Morgan fingerprint density at radius 1 is 1.10 bits per heavy atom. The van der Waals surface area contributed by atoms with Gasteiger partial charge < -0.3 is 10.3 Å². The number of rotatable bonds is 3. The fourth-order valence-electron chi connectivity index (χ4n) is 2.03. The van der Waals surface area contributed by atoms with Crippen LogP contribution in [0.2, 0.25) is 0 Å². The van der Waals surface area contributed by atoms with Gasteiger partial charge in [0, 0.05) is 6.54 Å². The Bertz CT molecular complexity index is 766. The highest BCUT2D eigenvalue weighted by molar-refractivity contribution is 5.81. The van der Waals surface area contributed by atoms with Crippen LogP contribution in [0.3, 0.4) is 0 Å². The molecule has 0 unspecified atom stereocenters. The van der Waals surface area contributed by atoms with Gasteiger partial charge in [0.15, 0.2) is 11.5 Å².